The van der Waals surface area contributed by atoms with Gasteiger partial charge < -0.3 is 10.2 Å². The smallest absolute Gasteiger partial charge is 0.102 e. The SMILES string of the molecule is Cc1cc(C)c(-c2cc(C=NC(c3c(C)cc(C)cc3C)C(N=Cc3cc(-c4c(C)cc(C)cc4C)cc(-c4c(C)cc(C)cc4C)c3[O-])c3c(C)cc(C)cc3C)c([O-])c(-c3c(C)cc(C)cc3C)c2)c(C)c1. The summed E-state index contributed by atoms with van der Waals surface area (Å²) in [6, 6.07) is 33.5. The van der Waals surface area contributed by atoms with Crippen LogP contribution in [0.3, 0.4) is 0 Å². The van der Waals surface area contributed by atoms with Gasteiger partial charge in [-0.1, -0.05) is 118 Å². The first-order chi connectivity index (χ1) is 34.9. The van der Waals surface area contributed by atoms with Gasteiger partial charge in [-0.15, -0.1) is 0 Å². The summed E-state index contributed by atoms with van der Waals surface area (Å²) >= 11 is 0. The van der Waals surface area contributed by atoms with E-state index in [0.29, 0.717) is 22.3 Å². The molecule has 0 amide bonds. The fraction of sp³-hybridized carbons (Fsp3) is 0.286. The molecule has 0 saturated heterocycles. The summed E-state index contributed by atoms with van der Waals surface area (Å²) in [5, 5.41) is 30.6. The largest absolute Gasteiger partial charge is 0.872 e. The van der Waals surface area contributed by atoms with Crippen molar-refractivity contribution in [2.24, 2.45) is 9.98 Å². The molecular formula is C70H74N2O2-2. The Hall–Kier alpha value is -7.30. The Morgan fingerprint density at radius 2 is 0.500 bits per heavy atom. The van der Waals surface area contributed by atoms with Crippen LogP contribution >= 0.6 is 0 Å². The van der Waals surface area contributed by atoms with Crippen LogP contribution in [0.15, 0.2) is 107 Å². The first-order valence-electron chi connectivity index (χ1n) is 26.2. The molecule has 378 valence electrons. The monoisotopic (exact) mass is 975 g/mol. The molecule has 0 spiro atoms. The van der Waals surface area contributed by atoms with Gasteiger partial charge in [-0.2, -0.15) is 0 Å². The number of hydrogen-bond acceptors (Lipinski definition) is 4. The second kappa shape index (κ2) is 20.9. The molecule has 0 fully saturated rings. The van der Waals surface area contributed by atoms with Crippen molar-refractivity contribution < 1.29 is 10.2 Å². The third kappa shape index (κ3) is 10.4. The Morgan fingerprint density at radius 3 is 0.743 bits per heavy atom. The molecule has 0 aromatic heterocycles. The van der Waals surface area contributed by atoms with E-state index in [-0.39, 0.29) is 11.5 Å². The van der Waals surface area contributed by atoms with E-state index in [1.54, 1.807) is 0 Å². The van der Waals surface area contributed by atoms with Crippen molar-refractivity contribution in [3.05, 3.63) is 219 Å². The van der Waals surface area contributed by atoms with Crippen molar-refractivity contribution in [2.45, 2.75) is 137 Å². The molecule has 4 nitrogen and oxygen atoms in total. The lowest BCUT2D eigenvalue weighted by Crippen LogP contribution is -2.15. The van der Waals surface area contributed by atoms with Crippen molar-refractivity contribution in [1.29, 1.82) is 0 Å². The van der Waals surface area contributed by atoms with E-state index < -0.39 is 12.1 Å². The summed E-state index contributed by atoms with van der Waals surface area (Å²) in [7, 11) is 0. The zero-order valence-electron chi connectivity index (χ0n) is 47.3. The van der Waals surface area contributed by atoms with Gasteiger partial charge in [0.1, 0.15) is 12.1 Å². The quantitative estimate of drug-likeness (QED) is 0.121. The molecule has 2 atom stereocenters. The minimum atomic E-state index is -0.593. The first kappa shape index (κ1) is 53.0. The molecule has 0 N–H and O–H groups in total. The third-order valence-corrected chi connectivity index (χ3v) is 15.2. The van der Waals surface area contributed by atoms with Crippen LogP contribution in [-0.2, 0) is 0 Å². The second-order valence-electron chi connectivity index (χ2n) is 22.0. The predicted octanol–water partition coefficient (Wildman–Crippen LogP) is 17.1. The highest BCUT2D eigenvalue weighted by atomic mass is 16.3. The summed E-state index contributed by atoms with van der Waals surface area (Å²) in [5.74, 6) is -0.143. The van der Waals surface area contributed by atoms with Crippen LogP contribution in [0.25, 0.3) is 44.5 Å². The van der Waals surface area contributed by atoms with Gasteiger partial charge in [-0.05, 0) is 282 Å². The molecule has 8 rings (SSSR count). The van der Waals surface area contributed by atoms with Crippen molar-refractivity contribution in [2.75, 3.05) is 0 Å². The summed E-state index contributed by atoms with van der Waals surface area (Å²) in [4.78, 5) is 11.3. The van der Waals surface area contributed by atoms with Crippen LogP contribution in [0.2, 0.25) is 0 Å². The molecule has 74 heavy (non-hydrogen) atoms. The highest BCUT2D eigenvalue weighted by molar-refractivity contribution is 5.95. The van der Waals surface area contributed by atoms with Crippen molar-refractivity contribution >= 4 is 12.4 Å². The number of benzene rings is 8. The van der Waals surface area contributed by atoms with Crippen LogP contribution in [0.1, 0.15) is 134 Å². The molecule has 8 aromatic rings. The number of aryl methyl sites for hydroxylation is 18. The maximum absolute atomic E-state index is 15.3. The number of aliphatic imine (C=N–C) groups is 2. The fourth-order valence-electron chi connectivity index (χ4n) is 12.9. The maximum atomic E-state index is 15.3. The Balaban J connectivity index is 1.43. The van der Waals surface area contributed by atoms with Gasteiger partial charge in [0.15, 0.2) is 0 Å². The summed E-state index contributed by atoms with van der Waals surface area (Å²) in [6.45, 7) is 38.4. The molecule has 0 heterocycles. The molecule has 0 aliphatic rings. The van der Waals surface area contributed by atoms with Gasteiger partial charge in [0.25, 0.3) is 0 Å². The van der Waals surface area contributed by atoms with Crippen LogP contribution in [0, 0.1) is 125 Å². The van der Waals surface area contributed by atoms with Gasteiger partial charge in [-0.3, -0.25) is 9.98 Å². The number of rotatable bonds is 11. The minimum Gasteiger partial charge on any atom is -0.872 e. The average molecular weight is 975 g/mol. The molecule has 0 aliphatic heterocycles. The maximum Gasteiger partial charge on any atom is 0.102 e. The molecule has 4 heteroatoms. The average Bonchev–Trinajstić information content (AvgIpc) is 3.26. The number of nitrogens with zero attached hydrogens (tertiary/aromatic N) is 2. The summed E-state index contributed by atoms with van der Waals surface area (Å²) in [5.41, 5.74) is 30.8. The molecule has 0 radical (unpaired) electrons. The van der Waals surface area contributed by atoms with E-state index in [1.807, 2.05) is 24.6 Å². The third-order valence-electron chi connectivity index (χ3n) is 15.2. The van der Waals surface area contributed by atoms with Crippen molar-refractivity contribution in [3.63, 3.8) is 0 Å². The van der Waals surface area contributed by atoms with Crippen LogP contribution < -0.4 is 10.2 Å². The lowest BCUT2D eigenvalue weighted by atomic mass is 9.84. The Labute approximate surface area is 442 Å². The van der Waals surface area contributed by atoms with Gasteiger partial charge in [-0.25, -0.2) is 0 Å². The standard InChI is InChI=1S/C70H76N2O2/c1-37-19-43(7)61(44(8)20-37)55-31-57(69(73)59(33-55)63-47(11)23-39(3)24-48(63)12)35-71-67(65-51(15)27-41(5)28-52(65)16)68(66-53(17)29-42(6)30-54(66)18)72-36-58-32-56(62-45(9)21-38(2)22-46(62)10)34-60(70(58)74)64-49(13)25-40(4)26-50(64)14/h19-36,67-68,73-74H,1-18H3/p-2. The van der Waals surface area contributed by atoms with Crippen molar-refractivity contribution in [1.82, 2.24) is 0 Å². The van der Waals surface area contributed by atoms with Crippen LogP contribution in [0.5, 0.6) is 11.5 Å². The first-order valence-corrected chi connectivity index (χ1v) is 26.2. The van der Waals surface area contributed by atoms with Gasteiger partial charge in [0.2, 0.25) is 0 Å². The van der Waals surface area contributed by atoms with Gasteiger partial charge >= 0.3 is 0 Å². The van der Waals surface area contributed by atoms with Gasteiger partial charge in [0.05, 0.1) is 0 Å². The zero-order valence-corrected chi connectivity index (χ0v) is 47.3. The molecule has 0 aliphatic carbocycles. The summed E-state index contributed by atoms with van der Waals surface area (Å²) in [6.07, 6.45) is 3.64. The van der Waals surface area contributed by atoms with E-state index in [9.17, 15) is 0 Å². The van der Waals surface area contributed by atoms with Crippen LogP contribution in [0.4, 0.5) is 0 Å². The Bertz CT molecular complexity index is 3240. The van der Waals surface area contributed by atoms with Crippen molar-refractivity contribution in [3.8, 4) is 56.0 Å². The topological polar surface area (TPSA) is 70.8 Å². The lowest BCUT2D eigenvalue weighted by Gasteiger charge is -2.29. The lowest BCUT2D eigenvalue weighted by molar-refractivity contribution is -0.268. The highest BCUT2D eigenvalue weighted by Crippen LogP contribution is 2.46. The molecular weight excluding hydrogens is 901 g/mol. The highest BCUT2D eigenvalue weighted by Gasteiger charge is 2.30. The van der Waals surface area contributed by atoms with E-state index in [0.717, 1.165) is 134 Å². The predicted molar refractivity (Wildman–Crippen MR) is 312 cm³/mol. The molecule has 0 bridgehead atoms. The van der Waals surface area contributed by atoms with Crippen LogP contribution in [-0.4, -0.2) is 12.4 Å². The van der Waals surface area contributed by atoms with E-state index >= 15 is 10.2 Å². The Morgan fingerprint density at radius 1 is 0.284 bits per heavy atom. The van der Waals surface area contributed by atoms with E-state index in [2.05, 4.69) is 210 Å². The zero-order chi connectivity index (χ0) is 53.8. The normalized spacial score (nSPS) is 12.6. The van der Waals surface area contributed by atoms with E-state index in [4.69, 9.17) is 9.98 Å². The molecule has 2 unspecified atom stereocenters. The fourth-order valence-corrected chi connectivity index (χ4v) is 12.9. The van der Waals surface area contributed by atoms with E-state index in [1.165, 1.54) is 11.1 Å². The minimum absolute atomic E-state index is 0.0717. The second-order valence-corrected chi connectivity index (χ2v) is 22.0. The molecule has 0 saturated carbocycles. The Kier molecular flexibility index (Phi) is 15.0. The molecule has 8 aromatic carbocycles. The summed E-state index contributed by atoms with van der Waals surface area (Å²) < 4.78 is 0. The van der Waals surface area contributed by atoms with Gasteiger partial charge in [0, 0.05) is 12.4 Å². The number of hydrogen-bond donors (Lipinski definition) is 0.